The van der Waals surface area contributed by atoms with E-state index in [-0.39, 0.29) is 6.03 Å². The van der Waals surface area contributed by atoms with Crippen LogP contribution in [-0.2, 0) is 11.2 Å². The minimum Gasteiger partial charge on any atom is -0.479 e. The van der Waals surface area contributed by atoms with E-state index in [9.17, 15) is 14.7 Å². The van der Waals surface area contributed by atoms with Gasteiger partial charge in [-0.15, -0.1) is 23.7 Å². The van der Waals surface area contributed by atoms with Crippen molar-refractivity contribution in [3.63, 3.8) is 0 Å². The number of thiophene rings is 1. The standard InChI is InChI=1S/C13H14N2O3S/c1-2-3-6-14-13(18)15-7-4-10-9(5-8-19-10)11(15)12(16)17/h1,5,8,11H,3-4,6-7H2,(H,14,18)(H,16,17). The van der Waals surface area contributed by atoms with Crippen molar-refractivity contribution in [1.29, 1.82) is 0 Å². The fourth-order valence-corrected chi connectivity index (χ4v) is 3.05. The summed E-state index contributed by atoms with van der Waals surface area (Å²) < 4.78 is 0. The van der Waals surface area contributed by atoms with E-state index in [0.717, 1.165) is 10.4 Å². The number of aliphatic carboxylic acids is 1. The normalized spacial score (nSPS) is 17.4. The van der Waals surface area contributed by atoms with Gasteiger partial charge in [0.15, 0.2) is 6.04 Å². The lowest BCUT2D eigenvalue weighted by atomic mass is 10.0. The predicted molar refractivity (Wildman–Crippen MR) is 72.0 cm³/mol. The Morgan fingerprint density at radius 2 is 2.42 bits per heavy atom. The summed E-state index contributed by atoms with van der Waals surface area (Å²) in [6.45, 7) is 0.765. The molecule has 6 heteroatoms. The van der Waals surface area contributed by atoms with Gasteiger partial charge in [-0.2, -0.15) is 0 Å². The molecule has 0 spiro atoms. The summed E-state index contributed by atoms with van der Waals surface area (Å²) in [6.07, 6.45) is 6.24. The number of hydrogen-bond acceptors (Lipinski definition) is 3. The zero-order chi connectivity index (χ0) is 13.8. The Morgan fingerprint density at radius 1 is 1.63 bits per heavy atom. The maximum Gasteiger partial charge on any atom is 0.331 e. The SMILES string of the molecule is C#CCCNC(=O)N1CCc2sccc2C1C(=O)O. The van der Waals surface area contributed by atoms with E-state index in [4.69, 9.17) is 6.42 Å². The molecule has 2 heterocycles. The molecule has 0 saturated heterocycles. The Kier molecular flexibility index (Phi) is 4.07. The number of hydrogen-bond donors (Lipinski definition) is 2. The number of carbonyl (C=O) groups is 2. The van der Waals surface area contributed by atoms with E-state index in [1.54, 1.807) is 6.07 Å². The van der Waals surface area contributed by atoms with Gasteiger partial charge in [0, 0.05) is 24.4 Å². The van der Waals surface area contributed by atoms with Gasteiger partial charge in [-0.3, -0.25) is 0 Å². The summed E-state index contributed by atoms with van der Waals surface area (Å²) in [6, 6.07) is 0.500. The highest BCUT2D eigenvalue weighted by Crippen LogP contribution is 2.33. The van der Waals surface area contributed by atoms with Crippen molar-refractivity contribution in [2.24, 2.45) is 0 Å². The molecule has 0 aromatic carbocycles. The number of terminal acetylenes is 1. The minimum atomic E-state index is -1.01. The Hall–Kier alpha value is -2.00. The first-order chi connectivity index (χ1) is 9.15. The number of rotatable bonds is 3. The molecule has 1 aromatic rings. The first kappa shape index (κ1) is 13.4. The second-order valence-electron chi connectivity index (χ2n) is 4.17. The van der Waals surface area contributed by atoms with Crippen LogP contribution in [0.4, 0.5) is 4.79 Å². The lowest BCUT2D eigenvalue weighted by Crippen LogP contribution is -2.48. The Bertz CT molecular complexity index is 532. The van der Waals surface area contributed by atoms with Crippen LogP contribution >= 0.6 is 11.3 Å². The molecule has 19 heavy (non-hydrogen) atoms. The highest BCUT2D eigenvalue weighted by atomic mass is 32.1. The van der Waals surface area contributed by atoms with Gasteiger partial charge in [0.25, 0.3) is 0 Å². The molecule has 0 radical (unpaired) electrons. The predicted octanol–water partition coefficient (Wildman–Crippen LogP) is 1.46. The molecule has 1 atom stereocenters. The third-order valence-corrected chi connectivity index (χ3v) is 4.00. The van der Waals surface area contributed by atoms with Crippen molar-refractivity contribution in [1.82, 2.24) is 10.2 Å². The fraction of sp³-hybridized carbons (Fsp3) is 0.385. The van der Waals surface area contributed by atoms with E-state index in [0.29, 0.717) is 25.9 Å². The molecule has 0 bridgehead atoms. The van der Waals surface area contributed by atoms with E-state index < -0.39 is 12.0 Å². The molecule has 2 rings (SSSR count). The summed E-state index contributed by atoms with van der Waals surface area (Å²) in [5.74, 6) is 1.42. The summed E-state index contributed by atoms with van der Waals surface area (Å²) in [7, 11) is 0. The minimum absolute atomic E-state index is 0.356. The highest BCUT2D eigenvalue weighted by molar-refractivity contribution is 7.10. The lowest BCUT2D eigenvalue weighted by molar-refractivity contribution is -0.142. The van der Waals surface area contributed by atoms with Crippen LogP contribution in [-0.4, -0.2) is 35.1 Å². The molecule has 1 aliphatic heterocycles. The van der Waals surface area contributed by atoms with Crippen molar-refractivity contribution >= 4 is 23.3 Å². The molecule has 0 saturated carbocycles. The maximum atomic E-state index is 12.0. The number of nitrogens with one attached hydrogen (secondary N) is 1. The van der Waals surface area contributed by atoms with Crippen LogP contribution in [0.2, 0.25) is 0 Å². The maximum absolute atomic E-state index is 12.0. The number of fused-ring (bicyclic) bond motifs is 1. The zero-order valence-electron chi connectivity index (χ0n) is 10.3. The summed E-state index contributed by atoms with van der Waals surface area (Å²) >= 11 is 1.53. The largest absolute Gasteiger partial charge is 0.479 e. The van der Waals surface area contributed by atoms with E-state index in [1.165, 1.54) is 16.2 Å². The topological polar surface area (TPSA) is 69.6 Å². The summed E-state index contributed by atoms with van der Waals surface area (Å²) in [4.78, 5) is 25.8. The number of amides is 2. The Morgan fingerprint density at radius 3 is 3.11 bits per heavy atom. The third kappa shape index (κ3) is 2.71. The molecule has 1 aliphatic rings. The van der Waals surface area contributed by atoms with Gasteiger partial charge < -0.3 is 15.3 Å². The van der Waals surface area contributed by atoms with Crippen LogP contribution in [0, 0.1) is 12.3 Å². The fourth-order valence-electron chi connectivity index (χ4n) is 2.14. The molecule has 0 aliphatic carbocycles. The molecule has 0 fully saturated rings. The molecule has 1 aromatic heterocycles. The summed E-state index contributed by atoms with van der Waals surface area (Å²) in [5, 5.41) is 13.9. The smallest absolute Gasteiger partial charge is 0.331 e. The van der Waals surface area contributed by atoms with Crippen LogP contribution in [0.15, 0.2) is 11.4 Å². The van der Waals surface area contributed by atoms with Crippen LogP contribution in [0.25, 0.3) is 0 Å². The van der Waals surface area contributed by atoms with Crippen LogP contribution in [0.3, 0.4) is 0 Å². The van der Waals surface area contributed by atoms with Crippen LogP contribution < -0.4 is 5.32 Å². The van der Waals surface area contributed by atoms with Gasteiger partial charge in [-0.1, -0.05) is 0 Å². The first-order valence-electron chi connectivity index (χ1n) is 5.92. The number of carbonyl (C=O) groups excluding carboxylic acids is 1. The van der Waals surface area contributed by atoms with Crippen molar-refractivity contribution in [3.8, 4) is 12.3 Å². The van der Waals surface area contributed by atoms with Crippen molar-refractivity contribution in [3.05, 3.63) is 21.9 Å². The molecule has 1 unspecified atom stereocenters. The number of carboxylic acids is 1. The van der Waals surface area contributed by atoms with E-state index >= 15 is 0 Å². The Labute approximate surface area is 115 Å². The third-order valence-electron chi connectivity index (χ3n) is 3.01. The first-order valence-corrected chi connectivity index (χ1v) is 6.80. The van der Waals surface area contributed by atoms with Gasteiger partial charge in [0.05, 0.1) is 0 Å². The van der Waals surface area contributed by atoms with Gasteiger partial charge in [0.1, 0.15) is 0 Å². The average Bonchev–Trinajstić information content (AvgIpc) is 2.85. The molecule has 100 valence electrons. The van der Waals surface area contributed by atoms with Crippen molar-refractivity contribution in [2.75, 3.05) is 13.1 Å². The number of nitrogens with zero attached hydrogens (tertiary/aromatic N) is 1. The molecular formula is C13H14N2O3S. The molecular weight excluding hydrogens is 264 g/mol. The van der Waals surface area contributed by atoms with Crippen molar-refractivity contribution < 1.29 is 14.7 Å². The quantitative estimate of drug-likeness (QED) is 0.649. The molecule has 5 nitrogen and oxygen atoms in total. The van der Waals surface area contributed by atoms with E-state index in [1.807, 2.05) is 5.38 Å². The monoisotopic (exact) mass is 278 g/mol. The van der Waals surface area contributed by atoms with E-state index in [2.05, 4.69) is 11.2 Å². The van der Waals surface area contributed by atoms with Gasteiger partial charge in [0.2, 0.25) is 0 Å². The van der Waals surface area contributed by atoms with Crippen molar-refractivity contribution in [2.45, 2.75) is 18.9 Å². The van der Waals surface area contributed by atoms with Crippen LogP contribution in [0.1, 0.15) is 22.9 Å². The number of carboxylic acid groups (broad SMARTS) is 1. The average molecular weight is 278 g/mol. The molecule has 2 amide bonds. The lowest BCUT2D eigenvalue weighted by Gasteiger charge is -2.33. The second kappa shape index (κ2) is 5.76. The Balaban J connectivity index is 2.15. The highest BCUT2D eigenvalue weighted by Gasteiger charge is 2.36. The second-order valence-corrected chi connectivity index (χ2v) is 5.17. The molecule has 2 N–H and O–H groups in total. The van der Waals surface area contributed by atoms with Crippen LogP contribution in [0.5, 0.6) is 0 Å². The van der Waals surface area contributed by atoms with Gasteiger partial charge >= 0.3 is 12.0 Å². The number of urea groups is 1. The van der Waals surface area contributed by atoms with Gasteiger partial charge in [-0.25, -0.2) is 9.59 Å². The van der Waals surface area contributed by atoms with Gasteiger partial charge in [-0.05, 0) is 23.4 Å². The zero-order valence-corrected chi connectivity index (χ0v) is 11.1. The summed E-state index contributed by atoms with van der Waals surface area (Å²) in [5.41, 5.74) is 0.718.